The molecule has 0 radical (unpaired) electrons. The molecule has 0 fully saturated rings. The standard InChI is InChI=1S/C26H47N3O10/c1-20(21(2)30)6-3-4-10-28-25(33)19-39-17-14-36-12-5-7-22(31)18-38-16-15-37-13-11-29-24(32)9-8-23(27)26(34)35/h20,23H,3-19,27H2,1-2H3,(H,28,33)(H,29,32)(H,34,35)/t20-,23-/m0/s1. The van der Waals surface area contributed by atoms with Gasteiger partial charge in [-0.2, -0.15) is 0 Å². The van der Waals surface area contributed by atoms with Crippen molar-refractivity contribution < 1.29 is 48.0 Å². The molecule has 0 aliphatic rings. The fourth-order valence-corrected chi connectivity index (χ4v) is 3.05. The first-order valence-electron chi connectivity index (χ1n) is 13.5. The number of ketones is 2. The van der Waals surface area contributed by atoms with Crippen LogP contribution in [-0.4, -0.2) is 106 Å². The first kappa shape index (κ1) is 36.5. The number of hydrogen-bond acceptors (Lipinski definition) is 10. The van der Waals surface area contributed by atoms with Crippen molar-refractivity contribution in [3.63, 3.8) is 0 Å². The van der Waals surface area contributed by atoms with E-state index in [0.717, 1.165) is 19.3 Å². The van der Waals surface area contributed by atoms with E-state index in [4.69, 9.17) is 29.8 Å². The van der Waals surface area contributed by atoms with Gasteiger partial charge < -0.3 is 40.4 Å². The topological polar surface area (TPSA) is 193 Å². The third-order valence-electron chi connectivity index (χ3n) is 5.63. The number of carbonyl (C=O) groups excluding carboxylic acids is 4. The Morgan fingerprint density at radius 2 is 1.33 bits per heavy atom. The van der Waals surface area contributed by atoms with E-state index >= 15 is 0 Å². The highest BCUT2D eigenvalue weighted by Crippen LogP contribution is 2.07. The van der Waals surface area contributed by atoms with Crippen LogP contribution in [-0.2, 0) is 42.9 Å². The Morgan fingerprint density at radius 1 is 0.718 bits per heavy atom. The lowest BCUT2D eigenvalue weighted by atomic mass is 10.0. The second-order valence-corrected chi connectivity index (χ2v) is 9.16. The SMILES string of the molecule is CC(=O)[C@@H](C)CCCCNC(=O)COCCOCCCC(=O)COCCOCCNC(=O)CC[C@H](N)C(=O)O. The summed E-state index contributed by atoms with van der Waals surface area (Å²) in [6.07, 6.45) is 3.51. The summed E-state index contributed by atoms with van der Waals surface area (Å²) in [5, 5.41) is 14.0. The Hall–Kier alpha value is -2.45. The predicted molar refractivity (Wildman–Crippen MR) is 142 cm³/mol. The third-order valence-corrected chi connectivity index (χ3v) is 5.63. The molecule has 2 amide bonds. The lowest BCUT2D eigenvalue weighted by molar-refractivity contribution is -0.138. The van der Waals surface area contributed by atoms with Gasteiger partial charge in [-0.1, -0.05) is 13.3 Å². The van der Waals surface area contributed by atoms with Gasteiger partial charge in [-0.05, 0) is 32.6 Å². The van der Waals surface area contributed by atoms with Gasteiger partial charge in [-0.25, -0.2) is 0 Å². The second-order valence-electron chi connectivity index (χ2n) is 9.16. The van der Waals surface area contributed by atoms with Gasteiger partial charge in [-0.3, -0.25) is 24.0 Å². The fourth-order valence-electron chi connectivity index (χ4n) is 3.05. The van der Waals surface area contributed by atoms with Crippen molar-refractivity contribution in [2.24, 2.45) is 11.7 Å². The minimum Gasteiger partial charge on any atom is -0.480 e. The minimum atomic E-state index is -1.14. The number of carboxylic acid groups (broad SMARTS) is 1. The summed E-state index contributed by atoms with van der Waals surface area (Å²) in [6, 6.07) is -1.05. The third kappa shape index (κ3) is 24.3. The maximum absolute atomic E-state index is 11.8. The van der Waals surface area contributed by atoms with Crippen LogP contribution in [0.1, 0.15) is 58.8 Å². The van der Waals surface area contributed by atoms with Crippen molar-refractivity contribution in [1.29, 1.82) is 0 Å². The number of Topliss-reactive ketones (excluding diaryl/α,β-unsaturated/α-hetero) is 2. The number of ether oxygens (including phenoxy) is 4. The molecule has 0 saturated carbocycles. The van der Waals surface area contributed by atoms with Gasteiger partial charge in [-0.15, -0.1) is 0 Å². The Labute approximate surface area is 230 Å². The molecule has 0 aliphatic heterocycles. The monoisotopic (exact) mass is 561 g/mol. The highest BCUT2D eigenvalue weighted by molar-refractivity contribution is 5.79. The maximum Gasteiger partial charge on any atom is 0.320 e. The number of rotatable bonds is 27. The number of nitrogens with two attached hydrogens (primary N) is 1. The van der Waals surface area contributed by atoms with Crippen molar-refractivity contribution in [2.45, 2.75) is 64.8 Å². The summed E-state index contributed by atoms with van der Waals surface area (Å²) < 4.78 is 21.2. The molecule has 0 saturated heterocycles. The summed E-state index contributed by atoms with van der Waals surface area (Å²) in [7, 11) is 0. The number of carbonyl (C=O) groups is 5. The number of amides is 2. The molecule has 39 heavy (non-hydrogen) atoms. The smallest absolute Gasteiger partial charge is 0.320 e. The molecule has 0 aromatic heterocycles. The predicted octanol–water partition coefficient (Wildman–Crippen LogP) is 0.222. The van der Waals surface area contributed by atoms with E-state index in [9.17, 15) is 24.0 Å². The molecule has 226 valence electrons. The molecule has 0 heterocycles. The van der Waals surface area contributed by atoms with Crippen LogP contribution >= 0.6 is 0 Å². The zero-order valence-corrected chi connectivity index (χ0v) is 23.4. The van der Waals surface area contributed by atoms with E-state index in [0.29, 0.717) is 32.6 Å². The van der Waals surface area contributed by atoms with E-state index < -0.39 is 12.0 Å². The number of hydrogen-bond donors (Lipinski definition) is 4. The van der Waals surface area contributed by atoms with Crippen LogP contribution in [0.15, 0.2) is 0 Å². The molecule has 0 bridgehead atoms. The zero-order chi connectivity index (χ0) is 29.3. The number of aliphatic carboxylic acids is 1. The van der Waals surface area contributed by atoms with Crippen molar-refractivity contribution in [3.8, 4) is 0 Å². The van der Waals surface area contributed by atoms with Crippen LogP contribution in [0.5, 0.6) is 0 Å². The van der Waals surface area contributed by atoms with Gasteiger partial charge in [0.15, 0.2) is 5.78 Å². The highest BCUT2D eigenvalue weighted by Gasteiger charge is 2.13. The van der Waals surface area contributed by atoms with Gasteiger partial charge in [0.2, 0.25) is 11.8 Å². The van der Waals surface area contributed by atoms with Crippen LogP contribution in [0.3, 0.4) is 0 Å². The Balaban J connectivity index is 3.41. The molecule has 0 aromatic carbocycles. The Kier molecular flexibility index (Phi) is 23.0. The molecule has 0 aliphatic carbocycles. The van der Waals surface area contributed by atoms with E-state index in [-0.39, 0.29) is 88.3 Å². The van der Waals surface area contributed by atoms with Crippen LogP contribution < -0.4 is 16.4 Å². The van der Waals surface area contributed by atoms with Crippen LogP contribution in [0.4, 0.5) is 0 Å². The van der Waals surface area contributed by atoms with Crippen molar-refractivity contribution in [3.05, 3.63) is 0 Å². The average molecular weight is 562 g/mol. The quantitative estimate of drug-likeness (QED) is 0.100. The number of nitrogens with one attached hydrogen (secondary N) is 2. The van der Waals surface area contributed by atoms with Crippen LogP contribution in [0, 0.1) is 5.92 Å². The molecule has 0 aromatic rings. The summed E-state index contributed by atoms with van der Waals surface area (Å²) in [6.45, 7) is 6.08. The van der Waals surface area contributed by atoms with Gasteiger partial charge in [0.1, 0.15) is 25.0 Å². The fraction of sp³-hybridized carbons (Fsp3) is 0.808. The molecule has 0 spiro atoms. The lowest BCUT2D eigenvalue weighted by Gasteiger charge is -2.09. The summed E-state index contributed by atoms with van der Waals surface area (Å²) in [5.41, 5.74) is 5.33. The number of unbranched alkanes of at least 4 members (excludes halogenated alkanes) is 1. The molecule has 0 rings (SSSR count). The maximum atomic E-state index is 11.8. The van der Waals surface area contributed by atoms with Crippen molar-refractivity contribution >= 4 is 29.4 Å². The molecular weight excluding hydrogens is 514 g/mol. The normalized spacial score (nSPS) is 12.5. The van der Waals surface area contributed by atoms with Crippen LogP contribution in [0.25, 0.3) is 0 Å². The van der Waals surface area contributed by atoms with E-state index in [1.807, 2.05) is 6.92 Å². The Morgan fingerprint density at radius 3 is 2.00 bits per heavy atom. The lowest BCUT2D eigenvalue weighted by Crippen LogP contribution is -2.33. The number of carboxylic acids is 1. The van der Waals surface area contributed by atoms with E-state index in [2.05, 4.69) is 10.6 Å². The molecule has 5 N–H and O–H groups in total. The van der Waals surface area contributed by atoms with Gasteiger partial charge in [0.25, 0.3) is 0 Å². The van der Waals surface area contributed by atoms with Crippen molar-refractivity contribution in [2.75, 3.05) is 65.9 Å². The van der Waals surface area contributed by atoms with Crippen molar-refractivity contribution in [1.82, 2.24) is 10.6 Å². The largest absolute Gasteiger partial charge is 0.480 e. The highest BCUT2D eigenvalue weighted by atomic mass is 16.5. The zero-order valence-electron chi connectivity index (χ0n) is 23.4. The molecule has 13 nitrogen and oxygen atoms in total. The first-order chi connectivity index (χ1) is 18.6. The summed E-state index contributed by atoms with van der Waals surface area (Å²) in [4.78, 5) is 56.8. The average Bonchev–Trinajstić information content (AvgIpc) is 2.89. The first-order valence-corrected chi connectivity index (χ1v) is 13.5. The summed E-state index contributed by atoms with van der Waals surface area (Å²) in [5.74, 6) is -1.42. The van der Waals surface area contributed by atoms with Gasteiger partial charge in [0.05, 0.1) is 33.0 Å². The second kappa shape index (κ2) is 24.6. The van der Waals surface area contributed by atoms with Crippen LogP contribution in [0.2, 0.25) is 0 Å². The van der Waals surface area contributed by atoms with E-state index in [1.54, 1.807) is 6.92 Å². The molecule has 13 heteroatoms. The Bertz CT molecular complexity index is 720. The summed E-state index contributed by atoms with van der Waals surface area (Å²) >= 11 is 0. The molecule has 2 atom stereocenters. The van der Waals surface area contributed by atoms with Gasteiger partial charge >= 0.3 is 5.97 Å². The molecule has 0 unspecified atom stereocenters. The van der Waals surface area contributed by atoms with E-state index in [1.165, 1.54) is 0 Å². The molecular formula is C26H47N3O10. The van der Waals surface area contributed by atoms with Gasteiger partial charge in [0, 0.05) is 38.5 Å². The minimum absolute atomic E-state index is 0.0160.